The molecule has 1 aromatic heterocycles. The smallest absolute Gasteiger partial charge is 0.231 e. The summed E-state index contributed by atoms with van der Waals surface area (Å²) in [7, 11) is 2.02. The Morgan fingerprint density at radius 2 is 1.90 bits per heavy atom. The second-order valence-corrected chi connectivity index (χ2v) is 8.30. The number of nitrogens with zero attached hydrogens (tertiary/aromatic N) is 4. The molecule has 2 aromatic carbocycles. The fraction of sp³-hybridized carbons (Fsp3) is 0.417. The molecule has 1 fully saturated rings. The summed E-state index contributed by atoms with van der Waals surface area (Å²) in [6.07, 6.45) is 2.83. The van der Waals surface area contributed by atoms with Crippen molar-refractivity contribution in [1.82, 2.24) is 19.4 Å². The maximum Gasteiger partial charge on any atom is 0.231 e. The van der Waals surface area contributed by atoms with Crippen molar-refractivity contribution in [3.8, 4) is 11.5 Å². The highest BCUT2D eigenvalue weighted by Crippen LogP contribution is 2.32. The number of fused-ring (bicyclic) bond motifs is 2. The number of rotatable bonds is 7. The second kappa shape index (κ2) is 8.59. The van der Waals surface area contributed by atoms with Crippen LogP contribution in [0.5, 0.6) is 11.5 Å². The summed E-state index contributed by atoms with van der Waals surface area (Å²) in [5, 5.41) is 0. The molecule has 2 aliphatic rings. The first-order valence-electron chi connectivity index (χ1n) is 11.0. The van der Waals surface area contributed by atoms with Crippen LogP contribution in [-0.2, 0) is 24.8 Å². The minimum atomic E-state index is 0.102. The van der Waals surface area contributed by atoms with Crippen molar-refractivity contribution in [2.24, 2.45) is 7.05 Å². The summed E-state index contributed by atoms with van der Waals surface area (Å²) in [4.78, 5) is 22.5. The van der Waals surface area contributed by atoms with Gasteiger partial charge in [0.1, 0.15) is 5.82 Å². The number of para-hydroxylation sites is 2. The van der Waals surface area contributed by atoms with E-state index >= 15 is 0 Å². The number of hydrogen-bond acceptors (Lipinski definition) is 5. The topological polar surface area (TPSA) is 59.8 Å². The maximum atomic E-state index is 13.3. The van der Waals surface area contributed by atoms with Gasteiger partial charge in [0, 0.05) is 20.1 Å². The molecular formula is C24H28N4O3. The Kier molecular flexibility index (Phi) is 5.51. The van der Waals surface area contributed by atoms with Crippen molar-refractivity contribution >= 4 is 16.9 Å². The van der Waals surface area contributed by atoms with Gasteiger partial charge in [0.2, 0.25) is 12.7 Å². The standard InChI is InChI=1S/C24H28N4O3/c1-26-20-7-3-2-6-19(20)25-23(26)16-28(13-12-27-10-4-5-11-27)24(29)15-18-8-9-21-22(14-18)31-17-30-21/h2-3,6-9,14H,4-5,10-13,15-17H2,1H3. The fourth-order valence-electron chi connectivity index (χ4n) is 4.41. The average molecular weight is 421 g/mol. The lowest BCUT2D eigenvalue weighted by molar-refractivity contribution is -0.131. The van der Waals surface area contributed by atoms with E-state index in [-0.39, 0.29) is 12.7 Å². The van der Waals surface area contributed by atoms with E-state index in [1.54, 1.807) is 0 Å². The van der Waals surface area contributed by atoms with E-state index in [0.717, 1.165) is 47.8 Å². The Morgan fingerprint density at radius 3 is 2.74 bits per heavy atom. The van der Waals surface area contributed by atoms with Gasteiger partial charge in [0.15, 0.2) is 11.5 Å². The van der Waals surface area contributed by atoms with Gasteiger partial charge in [0.25, 0.3) is 0 Å². The predicted molar refractivity (Wildman–Crippen MR) is 118 cm³/mol. The predicted octanol–water partition coefficient (Wildman–Crippen LogP) is 2.97. The van der Waals surface area contributed by atoms with Gasteiger partial charge in [-0.15, -0.1) is 0 Å². The Hall–Kier alpha value is -3.06. The summed E-state index contributed by atoms with van der Waals surface area (Å²) >= 11 is 0. The first kappa shape index (κ1) is 19.9. The quantitative estimate of drug-likeness (QED) is 0.588. The lowest BCUT2D eigenvalue weighted by Gasteiger charge is -2.25. The molecule has 2 aliphatic heterocycles. The van der Waals surface area contributed by atoms with Crippen LogP contribution < -0.4 is 9.47 Å². The van der Waals surface area contributed by atoms with E-state index in [0.29, 0.717) is 25.3 Å². The van der Waals surface area contributed by atoms with E-state index < -0.39 is 0 Å². The summed E-state index contributed by atoms with van der Waals surface area (Å²) in [6.45, 7) is 4.58. The molecule has 0 N–H and O–H groups in total. The number of likely N-dealkylation sites (tertiary alicyclic amines) is 1. The molecule has 0 radical (unpaired) electrons. The van der Waals surface area contributed by atoms with Crippen LogP contribution in [0.15, 0.2) is 42.5 Å². The Morgan fingerprint density at radius 1 is 1.10 bits per heavy atom. The molecule has 162 valence electrons. The van der Waals surface area contributed by atoms with Crippen molar-refractivity contribution in [3.63, 3.8) is 0 Å². The van der Waals surface area contributed by atoms with E-state index in [1.165, 1.54) is 12.8 Å². The summed E-state index contributed by atoms with van der Waals surface area (Å²) in [5.41, 5.74) is 2.98. The number of ether oxygens (including phenoxy) is 2. The van der Waals surface area contributed by atoms with Crippen LogP contribution in [0.25, 0.3) is 11.0 Å². The van der Waals surface area contributed by atoms with Crippen LogP contribution in [0.4, 0.5) is 0 Å². The van der Waals surface area contributed by atoms with E-state index in [2.05, 4.69) is 15.5 Å². The molecule has 31 heavy (non-hydrogen) atoms. The zero-order valence-electron chi connectivity index (χ0n) is 17.9. The lowest BCUT2D eigenvalue weighted by atomic mass is 10.1. The zero-order valence-corrected chi connectivity index (χ0v) is 17.9. The van der Waals surface area contributed by atoms with Gasteiger partial charge in [-0.2, -0.15) is 0 Å². The van der Waals surface area contributed by atoms with Gasteiger partial charge in [-0.1, -0.05) is 18.2 Å². The fourth-order valence-corrected chi connectivity index (χ4v) is 4.41. The minimum absolute atomic E-state index is 0.102. The number of imidazole rings is 1. The molecule has 1 saturated heterocycles. The maximum absolute atomic E-state index is 13.3. The van der Waals surface area contributed by atoms with Gasteiger partial charge in [-0.25, -0.2) is 4.98 Å². The Labute approximate surface area is 182 Å². The third kappa shape index (κ3) is 4.23. The number of carbonyl (C=O) groups is 1. The van der Waals surface area contributed by atoms with Crippen molar-refractivity contribution in [1.29, 1.82) is 0 Å². The summed E-state index contributed by atoms with van der Waals surface area (Å²) in [6, 6.07) is 13.8. The largest absolute Gasteiger partial charge is 0.454 e. The third-order valence-electron chi connectivity index (χ3n) is 6.24. The minimum Gasteiger partial charge on any atom is -0.454 e. The molecule has 0 unspecified atom stereocenters. The molecular weight excluding hydrogens is 392 g/mol. The van der Waals surface area contributed by atoms with Crippen molar-refractivity contribution in [2.75, 3.05) is 33.0 Å². The van der Waals surface area contributed by atoms with Gasteiger partial charge in [-0.3, -0.25) is 4.79 Å². The van der Waals surface area contributed by atoms with Crippen LogP contribution in [0.3, 0.4) is 0 Å². The highest BCUT2D eigenvalue weighted by molar-refractivity contribution is 5.79. The molecule has 0 atom stereocenters. The van der Waals surface area contributed by atoms with Gasteiger partial charge < -0.3 is 23.8 Å². The Bertz CT molecular complexity index is 1090. The average Bonchev–Trinajstić information content (AvgIpc) is 3.52. The van der Waals surface area contributed by atoms with Crippen LogP contribution in [0, 0.1) is 0 Å². The Balaban J connectivity index is 1.34. The lowest BCUT2D eigenvalue weighted by Crippen LogP contribution is -2.38. The highest BCUT2D eigenvalue weighted by Gasteiger charge is 2.21. The number of aryl methyl sites for hydroxylation is 1. The van der Waals surface area contributed by atoms with E-state index in [4.69, 9.17) is 14.5 Å². The van der Waals surface area contributed by atoms with Gasteiger partial charge >= 0.3 is 0 Å². The van der Waals surface area contributed by atoms with E-state index in [1.807, 2.05) is 48.3 Å². The van der Waals surface area contributed by atoms with Crippen molar-refractivity contribution < 1.29 is 14.3 Å². The number of benzene rings is 2. The van der Waals surface area contributed by atoms with Crippen molar-refractivity contribution in [2.45, 2.75) is 25.8 Å². The van der Waals surface area contributed by atoms with Crippen LogP contribution >= 0.6 is 0 Å². The normalized spacial score (nSPS) is 15.6. The first-order valence-corrected chi connectivity index (χ1v) is 11.0. The molecule has 7 nitrogen and oxygen atoms in total. The van der Waals surface area contributed by atoms with Crippen LogP contribution in [0.2, 0.25) is 0 Å². The molecule has 7 heteroatoms. The molecule has 3 aromatic rings. The van der Waals surface area contributed by atoms with Gasteiger partial charge in [0.05, 0.1) is 24.0 Å². The molecule has 0 saturated carbocycles. The highest BCUT2D eigenvalue weighted by atomic mass is 16.7. The molecule has 3 heterocycles. The monoisotopic (exact) mass is 420 g/mol. The van der Waals surface area contributed by atoms with Crippen LogP contribution in [-0.4, -0.2) is 58.2 Å². The number of carbonyl (C=O) groups excluding carboxylic acids is 1. The summed E-state index contributed by atoms with van der Waals surface area (Å²) < 4.78 is 13.0. The molecule has 1 amide bonds. The molecule has 0 bridgehead atoms. The molecule has 5 rings (SSSR count). The molecule has 0 aliphatic carbocycles. The second-order valence-electron chi connectivity index (χ2n) is 8.30. The molecule has 0 spiro atoms. The number of amides is 1. The number of hydrogen-bond donors (Lipinski definition) is 0. The van der Waals surface area contributed by atoms with Crippen molar-refractivity contribution in [3.05, 3.63) is 53.9 Å². The summed E-state index contributed by atoms with van der Waals surface area (Å²) in [5.74, 6) is 2.46. The van der Waals surface area contributed by atoms with Gasteiger partial charge in [-0.05, 0) is 55.8 Å². The SMILES string of the molecule is Cn1c(CN(CCN2CCCC2)C(=O)Cc2ccc3c(c2)OCO3)nc2ccccc21. The number of aromatic nitrogens is 2. The third-order valence-corrected chi connectivity index (χ3v) is 6.24. The van der Waals surface area contributed by atoms with Crippen LogP contribution in [0.1, 0.15) is 24.2 Å². The zero-order chi connectivity index (χ0) is 21.2. The first-order chi connectivity index (χ1) is 15.2. The van der Waals surface area contributed by atoms with E-state index in [9.17, 15) is 4.79 Å².